The molecule has 1 aromatic rings. The predicted octanol–water partition coefficient (Wildman–Crippen LogP) is 1.39. The summed E-state index contributed by atoms with van der Waals surface area (Å²) < 4.78 is 33.8. The lowest BCUT2D eigenvalue weighted by Gasteiger charge is -2.08. The molecule has 2 rings (SSSR count). The molecular weight excluding hydrogens is 242 g/mol. The van der Waals surface area contributed by atoms with E-state index in [9.17, 15) is 8.78 Å². The van der Waals surface area contributed by atoms with Gasteiger partial charge in [0.1, 0.15) is 0 Å². The van der Waals surface area contributed by atoms with E-state index >= 15 is 0 Å². The van der Waals surface area contributed by atoms with Gasteiger partial charge in [0.05, 0.1) is 0 Å². The van der Waals surface area contributed by atoms with Crippen molar-refractivity contribution in [2.75, 3.05) is 6.54 Å². The van der Waals surface area contributed by atoms with Crippen LogP contribution in [0.25, 0.3) is 0 Å². The fraction of sp³-hybridized carbons (Fsp3) is 0.333. The van der Waals surface area contributed by atoms with Crippen LogP contribution < -0.4 is 20.9 Å². The van der Waals surface area contributed by atoms with Crippen LogP contribution >= 0.6 is 12.4 Å². The summed E-state index contributed by atoms with van der Waals surface area (Å²) in [4.78, 5) is 0. The van der Waals surface area contributed by atoms with Gasteiger partial charge >= 0.3 is 6.29 Å². The van der Waals surface area contributed by atoms with Gasteiger partial charge < -0.3 is 20.9 Å². The first-order valence-corrected chi connectivity index (χ1v) is 4.37. The van der Waals surface area contributed by atoms with Crippen molar-refractivity contribution in [1.29, 1.82) is 0 Å². The van der Waals surface area contributed by atoms with Gasteiger partial charge in [0.15, 0.2) is 11.5 Å². The SMILES string of the molecule is Cl.NC[C@H](N)c1ccc2c(c1)OC(F)(F)O2. The molecule has 4 nitrogen and oxygen atoms in total. The number of alkyl halides is 2. The highest BCUT2D eigenvalue weighted by molar-refractivity contribution is 5.85. The highest BCUT2D eigenvalue weighted by Gasteiger charge is 2.43. The first-order valence-electron chi connectivity index (χ1n) is 4.37. The summed E-state index contributed by atoms with van der Waals surface area (Å²) in [6.07, 6.45) is -3.59. The van der Waals surface area contributed by atoms with Crippen LogP contribution in [0.5, 0.6) is 11.5 Å². The first kappa shape index (κ1) is 13.0. The van der Waals surface area contributed by atoms with Gasteiger partial charge in [-0.05, 0) is 17.7 Å². The molecule has 7 heteroatoms. The summed E-state index contributed by atoms with van der Waals surface area (Å²) in [6.45, 7) is 0.232. The molecule has 1 aliphatic heterocycles. The molecule has 0 saturated heterocycles. The summed E-state index contributed by atoms with van der Waals surface area (Å²) in [7, 11) is 0. The fourth-order valence-electron chi connectivity index (χ4n) is 1.33. The number of hydrogen-bond acceptors (Lipinski definition) is 4. The topological polar surface area (TPSA) is 70.5 Å². The van der Waals surface area contributed by atoms with E-state index in [0.717, 1.165) is 0 Å². The van der Waals surface area contributed by atoms with E-state index in [2.05, 4.69) is 9.47 Å². The second-order valence-corrected chi connectivity index (χ2v) is 3.22. The monoisotopic (exact) mass is 252 g/mol. The predicted molar refractivity (Wildman–Crippen MR) is 55.9 cm³/mol. The maximum Gasteiger partial charge on any atom is 0.586 e. The molecule has 0 saturated carbocycles. The highest BCUT2D eigenvalue weighted by atomic mass is 35.5. The second-order valence-electron chi connectivity index (χ2n) is 3.22. The van der Waals surface area contributed by atoms with Crippen LogP contribution in [0.3, 0.4) is 0 Å². The molecule has 90 valence electrons. The van der Waals surface area contributed by atoms with Gasteiger partial charge in [-0.25, -0.2) is 0 Å². The zero-order valence-corrected chi connectivity index (χ0v) is 8.97. The van der Waals surface area contributed by atoms with Gasteiger partial charge in [0, 0.05) is 12.6 Å². The number of ether oxygens (including phenoxy) is 2. The molecule has 4 N–H and O–H groups in total. The number of hydrogen-bond donors (Lipinski definition) is 2. The number of benzene rings is 1. The lowest BCUT2D eigenvalue weighted by Crippen LogP contribution is -2.26. The van der Waals surface area contributed by atoms with Gasteiger partial charge in [-0.2, -0.15) is 0 Å². The standard InChI is InChI=1S/C9H10F2N2O2.ClH/c10-9(11)14-7-2-1-5(6(13)4-12)3-8(7)15-9;/h1-3,6H,4,12-13H2;1H/t6-;/m0./s1. The lowest BCUT2D eigenvalue weighted by molar-refractivity contribution is -0.286. The van der Waals surface area contributed by atoms with Crippen LogP contribution in [0.1, 0.15) is 11.6 Å². The van der Waals surface area contributed by atoms with Crippen molar-refractivity contribution in [2.24, 2.45) is 11.5 Å². The quantitative estimate of drug-likeness (QED) is 0.834. The Bertz CT molecular complexity index is 390. The zero-order valence-electron chi connectivity index (χ0n) is 8.15. The van der Waals surface area contributed by atoms with Crippen molar-refractivity contribution < 1.29 is 18.3 Å². The Morgan fingerprint density at radius 2 is 1.88 bits per heavy atom. The molecule has 0 aliphatic carbocycles. The zero-order chi connectivity index (χ0) is 11.1. The minimum atomic E-state index is -3.59. The van der Waals surface area contributed by atoms with E-state index in [4.69, 9.17) is 11.5 Å². The van der Waals surface area contributed by atoms with Gasteiger partial charge in [0.25, 0.3) is 0 Å². The Hall–Kier alpha value is -1.11. The van der Waals surface area contributed by atoms with Crippen LogP contribution in [0.2, 0.25) is 0 Å². The first-order chi connectivity index (χ1) is 7.02. The smallest absolute Gasteiger partial charge is 0.395 e. The molecule has 0 unspecified atom stereocenters. The summed E-state index contributed by atoms with van der Waals surface area (Å²) in [5, 5.41) is 0. The van der Waals surface area contributed by atoms with Gasteiger partial charge in [0.2, 0.25) is 0 Å². The Morgan fingerprint density at radius 3 is 2.50 bits per heavy atom. The molecule has 0 aromatic heterocycles. The van der Waals surface area contributed by atoms with Crippen LogP contribution in [0.4, 0.5) is 8.78 Å². The maximum absolute atomic E-state index is 12.7. The fourth-order valence-corrected chi connectivity index (χ4v) is 1.33. The molecule has 1 aliphatic rings. The van der Waals surface area contributed by atoms with Crippen LogP contribution in [0.15, 0.2) is 18.2 Å². The number of rotatable bonds is 2. The molecule has 0 amide bonds. The van der Waals surface area contributed by atoms with Crippen LogP contribution in [0, 0.1) is 0 Å². The lowest BCUT2D eigenvalue weighted by atomic mass is 10.1. The van der Waals surface area contributed by atoms with E-state index in [-0.39, 0.29) is 30.5 Å². The summed E-state index contributed by atoms with van der Waals surface area (Å²) >= 11 is 0. The third-order valence-corrected chi connectivity index (χ3v) is 2.11. The average molecular weight is 253 g/mol. The van der Waals surface area contributed by atoms with Crippen molar-refractivity contribution in [2.45, 2.75) is 12.3 Å². The maximum atomic E-state index is 12.7. The Balaban J connectivity index is 0.00000128. The summed E-state index contributed by atoms with van der Waals surface area (Å²) in [5.74, 6) is -0.00521. The van der Waals surface area contributed by atoms with Crippen molar-refractivity contribution >= 4 is 12.4 Å². The molecule has 1 heterocycles. The molecule has 1 atom stereocenters. The molecule has 0 bridgehead atoms. The Labute approximate surface area is 96.9 Å². The van der Waals surface area contributed by atoms with Crippen LogP contribution in [-0.2, 0) is 0 Å². The third kappa shape index (κ3) is 2.34. The third-order valence-electron chi connectivity index (χ3n) is 2.11. The second kappa shape index (κ2) is 4.40. The summed E-state index contributed by atoms with van der Waals surface area (Å²) in [5.41, 5.74) is 11.6. The molecule has 0 fully saturated rings. The van der Waals surface area contributed by atoms with Gasteiger partial charge in [-0.3, -0.25) is 0 Å². The number of nitrogens with two attached hydrogens (primary N) is 2. The molecule has 0 spiro atoms. The molecular formula is C9H11ClF2N2O2. The van der Waals surface area contributed by atoms with E-state index in [1.54, 1.807) is 6.07 Å². The van der Waals surface area contributed by atoms with Crippen molar-refractivity contribution in [3.8, 4) is 11.5 Å². The van der Waals surface area contributed by atoms with Gasteiger partial charge in [-0.1, -0.05) is 6.07 Å². The largest absolute Gasteiger partial charge is 0.586 e. The van der Waals surface area contributed by atoms with E-state index in [0.29, 0.717) is 5.56 Å². The van der Waals surface area contributed by atoms with Crippen molar-refractivity contribution in [3.63, 3.8) is 0 Å². The van der Waals surface area contributed by atoms with Crippen molar-refractivity contribution in [1.82, 2.24) is 0 Å². The molecule has 1 aromatic carbocycles. The summed E-state index contributed by atoms with van der Waals surface area (Å²) in [6, 6.07) is 3.99. The Kier molecular flexibility index (Phi) is 3.57. The normalized spacial score (nSPS) is 17.8. The van der Waals surface area contributed by atoms with E-state index in [1.165, 1.54) is 12.1 Å². The van der Waals surface area contributed by atoms with Gasteiger partial charge in [-0.15, -0.1) is 21.2 Å². The minimum absolute atomic E-state index is 0. The molecule has 16 heavy (non-hydrogen) atoms. The minimum Gasteiger partial charge on any atom is -0.395 e. The highest BCUT2D eigenvalue weighted by Crippen LogP contribution is 2.41. The van der Waals surface area contributed by atoms with E-state index in [1.807, 2.05) is 0 Å². The van der Waals surface area contributed by atoms with Crippen molar-refractivity contribution in [3.05, 3.63) is 23.8 Å². The Morgan fingerprint density at radius 1 is 1.25 bits per heavy atom. The van der Waals surface area contributed by atoms with Crippen LogP contribution in [-0.4, -0.2) is 12.8 Å². The molecule has 0 radical (unpaired) electrons. The number of halogens is 3. The average Bonchev–Trinajstić information content (AvgIpc) is 2.49. The van der Waals surface area contributed by atoms with E-state index < -0.39 is 12.3 Å². The number of fused-ring (bicyclic) bond motifs is 1.